The van der Waals surface area contributed by atoms with Crippen LogP contribution in [-0.4, -0.2) is 41.5 Å². The smallest absolute Gasteiger partial charge is 0.331 e. The number of benzene rings is 2. The van der Waals surface area contributed by atoms with Crippen LogP contribution in [0.15, 0.2) is 60.8 Å². The van der Waals surface area contributed by atoms with Gasteiger partial charge in [0.05, 0.1) is 29.0 Å². The van der Waals surface area contributed by atoms with Gasteiger partial charge in [0, 0.05) is 18.3 Å². The van der Waals surface area contributed by atoms with Crippen molar-refractivity contribution in [2.45, 2.75) is 38.3 Å². The molecule has 40 heavy (non-hydrogen) atoms. The molecule has 10 nitrogen and oxygen atoms in total. The van der Waals surface area contributed by atoms with Gasteiger partial charge in [0.25, 0.3) is 5.91 Å². The summed E-state index contributed by atoms with van der Waals surface area (Å²) >= 11 is 1.23. The Bertz CT molecular complexity index is 1620. The predicted molar refractivity (Wildman–Crippen MR) is 155 cm³/mol. The number of anilines is 3. The van der Waals surface area contributed by atoms with E-state index in [1.807, 2.05) is 55.5 Å². The van der Waals surface area contributed by atoms with Crippen LogP contribution < -0.4 is 31.3 Å². The maximum absolute atomic E-state index is 13.5. The van der Waals surface area contributed by atoms with Gasteiger partial charge in [0.2, 0.25) is 5.91 Å². The summed E-state index contributed by atoms with van der Waals surface area (Å²) in [5.41, 5.74) is 8.08. The number of carbonyl (C=O) groups is 3. The molecule has 0 spiro atoms. The van der Waals surface area contributed by atoms with Gasteiger partial charge < -0.3 is 26.4 Å². The molecule has 1 saturated carbocycles. The van der Waals surface area contributed by atoms with Gasteiger partial charge in [-0.15, -0.1) is 11.3 Å². The van der Waals surface area contributed by atoms with Gasteiger partial charge in [-0.25, -0.2) is 9.78 Å². The van der Waals surface area contributed by atoms with Crippen LogP contribution in [-0.2, 0) is 4.79 Å². The lowest BCUT2D eigenvalue weighted by Gasteiger charge is -2.29. The molecule has 1 aliphatic carbocycles. The Morgan fingerprint density at radius 2 is 1.85 bits per heavy atom. The molecule has 3 heterocycles. The van der Waals surface area contributed by atoms with E-state index in [1.54, 1.807) is 17.2 Å². The zero-order valence-electron chi connectivity index (χ0n) is 21.8. The van der Waals surface area contributed by atoms with Crippen LogP contribution in [0.2, 0.25) is 0 Å². The number of carbonyl (C=O) groups excluding carboxylic acids is 3. The van der Waals surface area contributed by atoms with E-state index in [-0.39, 0.29) is 36.5 Å². The minimum absolute atomic E-state index is 0.100. The second-order valence-corrected chi connectivity index (χ2v) is 10.8. The molecule has 204 valence electrons. The first-order valence-corrected chi connectivity index (χ1v) is 13.9. The van der Waals surface area contributed by atoms with Crippen molar-refractivity contribution in [1.82, 2.24) is 15.6 Å². The molecule has 1 unspecified atom stereocenters. The number of rotatable bonds is 7. The fourth-order valence-electron chi connectivity index (χ4n) is 5.36. The normalized spacial score (nSPS) is 17.9. The Hall–Kier alpha value is -4.48. The summed E-state index contributed by atoms with van der Waals surface area (Å²) in [7, 11) is 0. The lowest BCUT2D eigenvalue weighted by Crippen LogP contribution is -2.49. The molecule has 11 heteroatoms. The monoisotopic (exact) mass is 556 g/mol. The number of hydrogen-bond donors (Lipinski definition) is 4. The van der Waals surface area contributed by atoms with E-state index in [0.29, 0.717) is 37.9 Å². The van der Waals surface area contributed by atoms with Crippen molar-refractivity contribution in [2.24, 2.45) is 5.73 Å². The van der Waals surface area contributed by atoms with Crippen molar-refractivity contribution in [3.63, 3.8) is 0 Å². The third kappa shape index (κ3) is 4.74. The van der Waals surface area contributed by atoms with E-state index in [1.165, 1.54) is 11.3 Å². The molecule has 4 amide bonds. The van der Waals surface area contributed by atoms with E-state index in [0.717, 1.165) is 30.6 Å². The van der Waals surface area contributed by atoms with E-state index >= 15 is 0 Å². The van der Waals surface area contributed by atoms with Gasteiger partial charge in [-0.05, 0) is 68.1 Å². The summed E-state index contributed by atoms with van der Waals surface area (Å²) in [6, 6.07) is 16.1. The first-order valence-electron chi connectivity index (χ1n) is 13.1. The molecule has 0 bridgehead atoms. The average Bonchev–Trinajstić information content (AvgIpc) is 3.55. The van der Waals surface area contributed by atoms with Crippen LogP contribution in [0.1, 0.15) is 34.5 Å². The first-order chi connectivity index (χ1) is 19.4. The molecule has 0 saturated heterocycles. The number of thiophene rings is 1. The fourth-order valence-corrected chi connectivity index (χ4v) is 6.38. The molecule has 1 aliphatic heterocycles. The number of hydrogen-bond acceptors (Lipinski definition) is 7. The van der Waals surface area contributed by atoms with Crippen molar-refractivity contribution in [1.29, 1.82) is 0 Å². The van der Waals surface area contributed by atoms with Gasteiger partial charge in [0.15, 0.2) is 0 Å². The molecule has 2 aliphatic rings. The predicted octanol–water partition coefficient (Wildman–Crippen LogP) is 4.81. The van der Waals surface area contributed by atoms with Crippen molar-refractivity contribution in [2.75, 3.05) is 16.8 Å². The quantitative estimate of drug-likeness (QED) is 0.258. The van der Waals surface area contributed by atoms with E-state index in [2.05, 4.69) is 20.9 Å². The molecule has 4 aromatic rings. The number of ether oxygens (including phenoxy) is 1. The van der Waals surface area contributed by atoms with Crippen molar-refractivity contribution >= 4 is 56.5 Å². The molecular formula is C29H28N6O4S. The van der Waals surface area contributed by atoms with Gasteiger partial charge in [0.1, 0.15) is 21.2 Å². The summed E-state index contributed by atoms with van der Waals surface area (Å²) in [4.78, 5) is 45.9. The molecule has 1 fully saturated rings. The number of nitrogens with two attached hydrogens (primary N) is 1. The van der Waals surface area contributed by atoms with Crippen LogP contribution in [0.3, 0.4) is 0 Å². The number of amides is 4. The Balaban J connectivity index is 1.30. The van der Waals surface area contributed by atoms with Gasteiger partial charge in [-0.3, -0.25) is 14.5 Å². The minimum atomic E-state index is -0.374. The number of urea groups is 1. The number of aromatic nitrogens is 1. The summed E-state index contributed by atoms with van der Waals surface area (Å²) in [6.45, 7) is 1.82. The second kappa shape index (κ2) is 10.6. The van der Waals surface area contributed by atoms with E-state index in [4.69, 9.17) is 10.5 Å². The number of aryl methyl sites for hydroxylation is 1. The van der Waals surface area contributed by atoms with Gasteiger partial charge in [-0.1, -0.05) is 18.2 Å². The molecule has 2 atom stereocenters. The van der Waals surface area contributed by atoms with Gasteiger partial charge in [-0.2, -0.15) is 0 Å². The molecule has 2 aromatic heterocycles. The highest BCUT2D eigenvalue weighted by molar-refractivity contribution is 7.21. The summed E-state index contributed by atoms with van der Waals surface area (Å²) in [5, 5.41) is 9.60. The van der Waals surface area contributed by atoms with E-state index in [9.17, 15) is 14.4 Å². The third-order valence-corrected chi connectivity index (χ3v) is 8.30. The number of para-hydroxylation sites is 1. The molecule has 6 rings (SSSR count). The Labute approximate surface area is 234 Å². The SMILES string of the molecule is Cc1cc(Oc2ccccc2)ccc1N1C(=O)Nc2c(C(=O)NC3CCC[C@@H]3NC(=O)CN)sc3nccc1c23. The van der Waals surface area contributed by atoms with Crippen molar-refractivity contribution in [3.8, 4) is 11.5 Å². The molecule has 5 N–H and O–H groups in total. The standard InChI is InChI=1S/C29H28N6O4S/c1-16-14-18(39-17-6-3-2-4-7-17)10-11-21(16)35-22-12-13-31-28-24(22)25(34-29(35)38)26(40-28)27(37)33-20-9-5-8-19(20)32-23(36)15-30/h2-4,6-7,10-14,19-20H,5,8-9,15,30H2,1H3,(H,32,36)(H,33,37)(H,34,38)/t19-,20?/m0/s1. The van der Waals surface area contributed by atoms with Crippen LogP contribution in [0.25, 0.3) is 10.2 Å². The topological polar surface area (TPSA) is 139 Å². The average molecular weight is 557 g/mol. The van der Waals surface area contributed by atoms with Crippen LogP contribution in [0.4, 0.5) is 21.9 Å². The molecule has 2 aromatic carbocycles. The molecule has 0 radical (unpaired) electrons. The highest BCUT2D eigenvalue weighted by Gasteiger charge is 2.35. The Morgan fingerprint density at radius 3 is 2.60 bits per heavy atom. The van der Waals surface area contributed by atoms with Crippen LogP contribution in [0.5, 0.6) is 11.5 Å². The van der Waals surface area contributed by atoms with Gasteiger partial charge >= 0.3 is 6.03 Å². The van der Waals surface area contributed by atoms with Crippen molar-refractivity contribution in [3.05, 3.63) is 71.2 Å². The highest BCUT2D eigenvalue weighted by atomic mass is 32.1. The minimum Gasteiger partial charge on any atom is -0.457 e. The zero-order valence-corrected chi connectivity index (χ0v) is 22.6. The first kappa shape index (κ1) is 25.8. The summed E-state index contributed by atoms with van der Waals surface area (Å²) in [6.07, 6.45) is 4.03. The van der Waals surface area contributed by atoms with Crippen LogP contribution in [0, 0.1) is 6.92 Å². The number of nitrogens with one attached hydrogen (secondary N) is 3. The summed E-state index contributed by atoms with van der Waals surface area (Å²) in [5.74, 6) is 0.822. The molecular weight excluding hydrogens is 528 g/mol. The maximum atomic E-state index is 13.5. The lowest BCUT2D eigenvalue weighted by molar-refractivity contribution is -0.120. The Kier molecular flexibility index (Phi) is 6.82. The van der Waals surface area contributed by atoms with E-state index < -0.39 is 0 Å². The zero-order chi connectivity index (χ0) is 27.8. The highest BCUT2D eigenvalue weighted by Crippen LogP contribution is 2.46. The summed E-state index contributed by atoms with van der Waals surface area (Å²) < 4.78 is 5.96. The van der Waals surface area contributed by atoms with Crippen LogP contribution >= 0.6 is 11.3 Å². The lowest BCUT2D eigenvalue weighted by atomic mass is 10.1. The Morgan fingerprint density at radius 1 is 1.07 bits per heavy atom. The van der Waals surface area contributed by atoms with Crippen molar-refractivity contribution < 1.29 is 19.1 Å². The fraction of sp³-hybridized carbons (Fsp3) is 0.241. The third-order valence-electron chi connectivity index (χ3n) is 7.20. The largest absolute Gasteiger partial charge is 0.457 e. The number of pyridine rings is 1. The number of nitrogens with zero attached hydrogens (tertiary/aromatic N) is 2. The maximum Gasteiger partial charge on any atom is 0.331 e. The second-order valence-electron chi connectivity index (χ2n) is 9.83.